The Bertz CT molecular complexity index is 3590. The van der Waals surface area contributed by atoms with Gasteiger partial charge in [0.1, 0.15) is 16.7 Å². The van der Waals surface area contributed by atoms with Crippen LogP contribution in [0, 0.1) is 19.0 Å². The topological polar surface area (TPSA) is 69.9 Å². The van der Waals surface area contributed by atoms with Crippen LogP contribution in [0.15, 0.2) is 155 Å². The molecule has 1 radical (unpaired) electrons. The minimum absolute atomic E-state index is 0. The van der Waals surface area contributed by atoms with E-state index < -0.39 is 6.85 Å². The number of aryl methyl sites for hydroxylation is 1. The summed E-state index contributed by atoms with van der Waals surface area (Å²) in [4.78, 5) is 14.6. The maximum absolute atomic E-state index is 7.36. The molecule has 0 aliphatic rings. The zero-order valence-electron chi connectivity index (χ0n) is 40.4. The summed E-state index contributed by atoms with van der Waals surface area (Å²) in [5.41, 5.74) is 15.7. The smallest absolute Gasteiger partial charge is 0.228 e. The Balaban J connectivity index is 0.000000232. The van der Waals surface area contributed by atoms with Crippen LogP contribution in [0.2, 0.25) is 0 Å². The number of aromatic nitrogens is 4. The molecule has 0 saturated heterocycles. The summed E-state index contributed by atoms with van der Waals surface area (Å²) >= 11 is 0. The van der Waals surface area contributed by atoms with Crippen LogP contribution < -0.4 is 0 Å². The van der Waals surface area contributed by atoms with Crippen molar-refractivity contribution in [3.05, 3.63) is 180 Å². The maximum Gasteiger partial charge on any atom is 0.228 e. The van der Waals surface area contributed by atoms with Crippen molar-refractivity contribution in [1.82, 2.24) is 19.5 Å². The molecule has 65 heavy (non-hydrogen) atoms. The summed E-state index contributed by atoms with van der Waals surface area (Å²) in [5, 5.41) is 2.86. The quantitative estimate of drug-likeness (QED) is 0.155. The standard InChI is InChI=1S/C42H32N3O2.C16H18N.Ir/c1-24(2)31-21-27(26-13-6-5-7-14-26)22-32(25(3)4)39(31)45-35-19-10-9-18-34(35)43-41(45)30-17-12-16-29-38-37(46-40(29)30)23-33-28-15-8-11-20-36(28)47-42(33)44-38;1-12-5-7-13(8-6-12)15-11-14(9-10-17-15)16(2,3)4;/h5-16,18-25H,1-4H3;5-7,9-11H,1-4H3;/q2*-1;/i;1D3;. The van der Waals surface area contributed by atoms with Crippen molar-refractivity contribution in [2.75, 3.05) is 0 Å². The summed E-state index contributed by atoms with van der Waals surface area (Å²) < 4.78 is 37.3. The fourth-order valence-electron chi connectivity index (χ4n) is 8.62. The minimum atomic E-state index is -2.09. The molecule has 0 aliphatic heterocycles. The molecular formula is C58H50IrN4O2-2. The molecule has 0 unspecified atom stereocenters. The Kier molecular flexibility index (Phi) is 10.7. The molecule has 0 bridgehead atoms. The van der Waals surface area contributed by atoms with E-state index in [0.717, 1.165) is 60.9 Å². The third kappa shape index (κ3) is 8.09. The van der Waals surface area contributed by atoms with Gasteiger partial charge in [-0.15, -0.1) is 53.6 Å². The predicted molar refractivity (Wildman–Crippen MR) is 263 cm³/mol. The van der Waals surface area contributed by atoms with E-state index in [1.165, 1.54) is 39.6 Å². The van der Waals surface area contributed by atoms with Crippen molar-refractivity contribution < 1.29 is 33.1 Å². The van der Waals surface area contributed by atoms with E-state index in [1.807, 2.05) is 54.6 Å². The number of furan rings is 2. The fraction of sp³-hybridized carbons (Fsp3) is 0.190. The van der Waals surface area contributed by atoms with Crippen molar-refractivity contribution in [2.45, 2.75) is 72.6 Å². The van der Waals surface area contributed by atoms with Crippen molar-refractivity contribution in [2.24, 2.45) is 0 Å². The Morgan fingerprint density at radius 1 is 0.677 bits per heavy atom. The van der Waals surface area contributed by atoms with Gasteiger partial charge in [-0.2, -0.15) is 0 Å². The number of hydrogen-bond donors (Lipinski definition) is 0. The molecule has 5 aromatic heterocycles. The van der Waals surface area contributed by atoms with Gasteiger partial charge in [-0.3, -0.25) is 4.98 Å². The predicted octanol–water partition coefficient (Wildman–Crippen LogP) is 15.8. The number of hydrogen-bond acceptors (Lipinski definition) is 5. The van der Waals surface area contributed by atoms with Gasteiger partial charge in [-0.1, -0.05) is 128 Å². The van der Waals surface area contributed by atoms with E-state index >= 15 is 0 Å². The van der Waals surface area contributed by atoms with Crippen LogP contribution in [0.5, 0.6) is 0 Å². The van der Waals surface area contributed by atoms with Gasteiger partial charge >= 0.3 is 0 Å². The van der Waals surface area contributed by atoms with Gasteiger partial charge < -0.3 is 18.4 Å². The number of fused-ring (bicyclic) bond motifs is 7. The molecule has 0 atom stereocenters. The first kappa shape index (κ1) is 39.9. The van der Waals surface area contributed by atoms with Crippen molar-refractivity contribution in [1.29, 1.82) is 0 Å². The largest absolute Gasteiger partial charge is 0.499 e. The van der Waals surface area contributed by atoms with Gasteiger partial charge in [0.2, 0.25) is 5.71 Å². The first-order valence-corrected chi connectivity index (χ1v) is 21.9. The second-order valence-corrected chi connectivity index (χ2v) is 18.1. The van der Waals surface area contributed by atoms with E-state index in [2.05, 4.69) is 137 Å². The molecular weight excluding hydrogens is 977 g/mol. The second-order valence-electron chi connectivity index (χ2n) is 18.1. The number of benzene rings is 6. The SMILES string of the molecule is CC(C)c1cc(-c2ccccc2)cc(C(C)C)c1-n1c(-c2[c-]ccc3c2oc2cc4c(nc23)oc2ccccc24)nc2ccccc21.[2H]C([2H])([2H])c1c[c-]c(-c2cc(C(C)(C)C)ccn2)cc1.[Ir]. The van der Waals surface area contributed by atoms with Crippen LogP contribution in [-0.4, -0.2) is 19.5 Å². The Hall–Kier alpha value is -6.66. The van der Waals surface area contributed by atoms with E-state index in [4.69, 9.17) is 22.9 Å². The number of nitrogens with zero attached hydrogens (tertiary/aromatic N) is 4. The van der Waals surface area contributed by atoms with Gasteiger partial charge in [0, 0.05) is 41.5 Å². The molecule has 7 heteroatoms. The average molecular weight is 1030 g/mol. The maximum atomic E-state index is 7.36. The number of rotatable bonds is 6. The van der Waals surface area contributed by atoms with Crippen LogP contribution in [0.4, 0.5) is 0 Å². The van der Waals surface area contributed by atoms with Crippen LogP contribution >= 0.6 is 0 Å². The summed E-state index contributed by atoms with van der Waals surface area (Å²) in [6.45, 7) is 13.4. The second kappa shape index (κ2) is 17.4. The first-order chi connectivity index (χ1) is 32.1. The molecule has 0 saturated carbocycles. The van der Waals surface area contributed by atoms with Crippen LogP contribution in [-0.2, 0) is 25.5 Å². The van der Waals surface area contributed by atoms with E-state index in [9.17, 15) is 0 Å². The van der Waals surface area contributed by atoms with Crippen molar-refractivity contribution in [3.8, 4) is 39.5 Å². The van der Waals surface area contributed by atoms with Crippen LogP contribution in [0.1, 0.15) is 86.7 Å². The van der Waals surface area contributed by atoms with E-state index in [1.54, 1.807) is 18.3 Å². The molecule has 5 heterocycles. The molecule has 325 valence electrons. The average Bonchev–Trinajstić information content (AvgIpc) is 4.01. The fourth-order valence-corrected chi connectivity index (χ4v) is 8.62. The molecule has 0 fully saturated rings. The molecule has 0 aliphatic carbocycles. The van der Waals surface area contributed by atoms with E-state index in [0.29, 0.717) is 22.4 Å². The molecule has 11 rings (SSSR count). The Morgan fingerprint density at radius 3 is 2.14 bits per heavy atom. The summed E-state index contributed by atoms with van der Waals surface area (Å²) in [5.74, 6) is 1.32. The van der Waals surface area contributed by atoms with Crippen molar-refractivity contribution in [3.63, 3.8) is 0 Å². The van der Waals surface area contributed by atoms with Gasteiger partial charge in [0.25, 0.3) is 0 Å². The molecule has 0 amide bonds. The first-order valence-electron chi connectivity index (χ1n) is 23.4. The van der Waals surface area contributed by atoms with E-state index in [-0.39, 0.29) is 37.4 Å². The third-order valence-corrected chi connectivity index (χ3v) is 12.0. The van der Waals surface area contributed by atoms with Crippen LogP contribution in [0.25, 0.3) is 94.6 Å². The zero-order chi connectivity index (χ0) is 46.8. The molecule has 11 aromatic rings. The van der Waals surface area contributed by atoms with Gasteiger partial charge in [0.15, 0.2) is 0 Å². The summed E-state index contributed by atoms with van der Waals surface area (Å²) in [6.07, 6.45) is 1.78. The van der Waals surface area contributed by atoms with Crippen LogP contribution in [0.3, 0.4) is 0 Å². The molecule has 6 aromatic carbocycles. The molecule has 6 nitrogen and oxygen atoms in total. The Morgan fingerprint density at radius 2 is 1.42 bits per heavy atom. The number of pyridine rings is 2. The zero-order valence-corrected chi connectivity index (χ0v) is 39.8. The molecule has 0 N–H and O–H groups in total. The van der Waals surface area contributed by atoms with Gasteiger partial charge in [-0.25, -0.2) is 4.98 Å². The number of imidazole rings is 1. The molecule has 0 spiro atoms. The third-order valence-electron chi connectivity index (χ3n) is 12.0. The summed E-state index contributed by atoms with van der Waals surface area (Å²) in [6, 6.07) is 53.2. The minimum Gasteiger partial charge on any atom is -0.499 e. The monoisotopic (exact) mass is 1030 g/mol. The number of para-hydroxylation sites is 3. The summed E-state index contributed by atoms with van der Waals surface area (Å²) in [7, 11) is 0. The van der Waals surface area contributed by atoms with Gasteiger partial charge in [-0.05, 0) is 98.6 Å². The van der Waals surface area contributed by atoms with Gasteiger partial charge in [0.05, 0.1) is 27.8 Å². The normalized spacial score (nSPS) is 12.7. The van der Waals surface area contributed by atoms with Crippen molar-refractivity contribution >= 4 is 55.2 Å². The Labute approximate surface area is 398 Å².